The molecule has 25 heavy (non-hydrogen) atoms. The Hall–Kier alpha value is -2.62. The first kappa shape index (κ1) is 15.9. The maximum atomic E-state index is 12.7. The minimum absolute atomic E-state index is 0.0284. The van der Waals surface area contributed by atoms with E-state index in [1.54, 1.807) is 17.2 Å². The first-order chi connectivity index (χ1) is 12.2. The number of carbonyl (C=O) groups is 1. The highest BCUT2D eigenvalue weighted by Gasteiger charge is 2.27. The van der Waals surface area contributed by atoms with Gasteiger partial charge in [0.15, 0.2) is 5.65 Å². The number of rotatable bonds is 3. The standard InChI is InChI=1S/C15H18N8OS/c1-3-11-12(25-20-19-11)15(24)23-6-4-22(5-7-23)14-10-8-18-21(2)13(10)16-9-17-14/h8-9H,3-7H2,1-2H3. The molecule has 0 radical (unpaired) electrons. The van der Waals surface area contributed by atoms with Gasteiger partial charge >= 0.3 is 0 Å². The van der Waals surface area contributed by atoms with Gasteiger partial charge < -0.3 is 9.80 Å². The highest BCUT2D eigenvalue weighted by atomic mass is 32.1. The molecule has 10 heteroatoms. The molecule has 3 aromatic heterocycles. The summed E-state index contributed by atoms with van der Waals surface area (Å²) in [5, 5.41) is 9.23. The Labute approximate surface area is 148 Å². The van der Waals surface area contributed by atoms with Crippen LogP contribution in [-0.2, 0) is 13.5 Å². The van der Waals surface area contributed by atoms with E-state index in [1.807, 2.05) is 18.9 Å². The Kier molecular flexibility index (Phi) is 4.04. The lowest BCUT2D eigenvalue weighted by Crippen LogP contribution is -2.49. The van der Waals surface area contributed by atoms with E-state index in [0.717, 1.165) is 42.1 Å². The van der Waals surface area contributed by atoms with Gasteiger partial charge in [-0.05, 0) is 18.0 Å². The van der Waals surface area contributed by atoms with Gasteiger partial charge in [0.1, 0.15) is 17.0 Å². The van der Waals surface area contributed by atoms with Gasteiger partial charge in [-0.25, -0.2) is 9.97 Å². The average molecular weight is 358 g/mol. The van der Waals surface area contributed by atoms with Gasteiger partial charge in [0, 0.05) is 33.2 Å². The number of aromatic nitrogens is 6. The molecule has 130 valence electrons. The van der Waals surface area contributed by atoms with Crippen LogP contribution in [0.1, 0.15) is 22.3 Å². The molecule has 0 aromatic carbocycles. The summed E-state index contributed by atoms with van der Waals surface area (Å²) in [4.78, 5) is 26.1. The fourth-order valence-corrected chi connectivity index (χ4v) is 3.79. The molecule has 0 saturated carbocycles. The zero-order valence-corrected chi connectivity index (χ0v) is 14.9. The predicted molar refractivity (Wildman–Crippen MR) is 93.7 cm³/mol. The fraction of sp³-hybridized carbons (Fsp3) is 0.467. The van der Waals surface area contributed by atoms with Crippen molar-refractivity contribution in [2.24, 2.45) is 7.05 Å². The third-order valence-electron chi connectivity index (χ3n) is 4.46. The topological polar surface area (TPSA) is 92.9 Å². The molecule has 1 amide bonds. The van der Waals surface area contributed by atoms with Gasteiger partial charge in [-0.3, -0.25) is 9.48 Å². The van der Waals surface area contributed by atoms with Crippen LogP contribution >= 0.6 is 11.5 Å². The van der Waals surface area contributed by atoms with E-state index in [4.69, 9.17) is 0 Å². The summed E-state index contributed by atoms with van der Waals surface area (Å²) >= 11 is 1.18. The van der Waals surface area contributed by atoms with Gasteiger partial charge in [-0.15, -0.1) is 5.10 Å². The van der Waals surface area contributed by atoms with Crippen molar-refractivity contribution >= 4 is 34.3 Å². The highest BCUT2D eigenvalue weighted by Crippen LogP contribution is 2.24. The summed E-state index contributed by atoms with van der Waals surface area (Å²) in [5.41, 5.74) is 1.59. The maximum absolute atomic E-state index is 12.7. The van der Waals surface area contributed by atoms with Crippen LogP contribution in [0, 0.1) is 0 Å². The molecule has 1 aliphatic rings. The van der Waals surface area contributed by atoms with Crippen molar-refractivity contribution < 1.29 is 4.79 Å². The Bertz CT molecular complexity index is 911. The molecule has 1 fully saturated rings. The molecule has 0 spiro atoms. The molecular formula is C15H18N8OS. The summed E-state index contributed by atoms with van der Waals surface area (Å²) in [5.74, 6) is 0.902. The second-order valence-corrected chi connectivity index (χ2v) is 6.64. The lowest BCUT2D eigenvalue weighted by Gasteiger charge is -2.35. The van der Waals surface area contributed by atoms with Crippen molar-refractivity contribution in [3.05, 3.63) is 23.1 Å². The quantitative estimate of drug-likeness (QED) is 0.682. The number of aryl methyl sites for hydroxylation is 2. The van der Waals surface area contributed by atoms with E-state index in [-0.39, 0.29) is 5.91 Å². The average Bonchev–Trinajstić information content (AvgIpc) is 3.28. The van der Waals surface area contributed by atoms with Crippen LogP contribution in [0.5, 0.6) is 0 Å². The van der Waals surface area contributed by atoms with Crippen molar-refractivity contribution in [1.82, 2.24) is 34.2 Å². The molecule has 1 aliphatic heterocycles. The van der Waals surface area contributed by atoms with E-state index >= 15 is 0 Å². The van der Waals surface area contributed by atoms with Crippen molar-refractivity contribution in [2.45, 2.75) is 13.3 Å². The number of carbonyl (C=O) groups excluding carboxylic acids is 1. The smallest absolute Gasteiger partial charge is 0.267 e. The van der Waals surface area contributed by atoms with Crippen LogP contribution in [0.2, 0.25) is 0 Å². The maximum Gasteiger partial charge on any atom is 0.267 e. The van der Waals surface area contributed by atoms with E-state index < -0.39 is 0 Å². The SMILES string of the molecule is CCc1nnsc1C(=O)N1CCN(c2ncnc3c2cnn3C)CC1. The van der Waals surface area contributed by atoms with Crippen LogP contribution in [0.4, 0.5) is 5.82 Å². The van der Waals surface area contributed by atoms with Crippen molar-refractivity contribution in [1.29, 1.82) is 0 Å². The molecule has 4 heterocycles. The molecule has 0 N–H and O–H groups in total. The van der Waals surface area contributed by atoms with Crippen molar-refractivity contribution in [3.63, 3.8) is 0 Å². The number of hydrogen-bond donors (Lipinski definition) is 0. The monoisotopic (exact) mass is 358 g/mol. The summed E-state index contributed by atoms with van der Waals surface area (Å²) in [6, 6.07) is 0. The van der Waals surface area contributed by atoms with Crippen molar-refractivity contribution in [2.75, 3.05) is 31.1 Å². The lowest BCUT2D eigenvalue weighted by molar-refractivity contribution is 0.0750. The molecular weight excluding hydrogens is 340 g/mol. The number of piperazine rings is 1. The molecule has 3 aromatic rings. The summed E-state index contributed by atoms with van der Waals surface area (Å²) in [6.45, 7) is 4.72. The zero-order valence-electron chi connectivity index (χ0n) is 14.1. The second-order valence-electron chi connectivity index (χ2n) is 5.88. The Morgan fingerprint density at radius 2 is 2.04 bits per heavy atom. The van der Waals surface area contributed by atoms with E-state index in [1.165, 1.54) is 11.5 Å². The van der Waals surface area contributed by atoms with Gasteiger partial charge in [0.25, 0.3) is 5.91 Å². The molecule has 0 bridgehead atoms. The molecule has 9 nitrogen and oxygen atoms in total. The van der Waals surface area contributed by atoms with Gasteiger partial charge in [0.05, 0.1) is 17.3 Å². The van der Waals surface area contributed by atoms with Crippen molar-refractivity contribution in [3.8, 4) is 0 Å². The first-order valence-corrected chi connectivity index (χ1v) is 8.94. The predicted octanol–water partition coefficient (Wildman–Crippen LogP) is 0.740. The minimum atomic E-state index is 0.0284. The zero-order chi connectivity index (χ0) is 17.4. The first-order valence-electron chi connectivity index (χ1n) is 8.17. The summed E-state index contributed by atoms with van der Waals surface area (Å²) < 4.78 is 5.65. The fourth-order valence-electron chi connectivity index (χ4n) is 3.07. The normalized spacial score (nSPS) is 15.1. The number of amides is 1. The summed E-state index contributed by atoms with van der Waals surface area (Å²) in [6.07, 6.45) is 4.07. The number of anilines is 1. The minimum Gasteiger partial charge on any atom is -0.352 e. The molecule has 0 aliphatic carbocycles. The number of nitrogens with zero attached hydrogens (tertiary/aromatic N) is 8. The molecule has 0 atom stereocenters. The van der Waals surface area contributed by atoms with Gasteiger partial charge in [0.2, 0.25) is 0 Å². The Balaban J connectivity index is 1.50. The second kappa shape index (κ2) is 6.36. The van der Waals surface area contributed by atoms with Gasteiger partial charge in [-0.1, -0.05) is 11.4 Å². The van der Waals surface area contributed by atoms with Gasteiger partial charge in [-0.2, -0.15) is 5.10 Å². The van der Waals surface area contributed by atoms with Crippen LogP contribution in [-0.4, -0.2) is 66.3 Å². The highest BCUT2D eigenvalue weighted by molar-refractivity contribution is 7.08. The van der Waals surface area contributed by atoms with E-state index in [2.05, 4.69) is 29.6 Å². The molecule has 4 rings (SSSR count). The summed E-state index contributed by atoms with van der Waals surface area (Å²) in [7, 11) is 1.87. The van der Waals surface area contributed by atoms with E-state index in [9.17, 15) is 4.79 Å². The molecule has 0 unspecified atom stereocenters. The Morgan fingerprint density at radius 3 is 2.80 bits per heavy atom. The Morgan fingerprint density at radius 1 is 1.24 bits per heavy atom. The lowest BCUT2D eigenvalue weighted by atomic mass is 10.2. The van der Waals surface area contributed by atoms with E-state index in [0.29, 0.717) is 18.0 Å². The third-order valence-corrected chi connectivity index (χ3v) is 5.22. The van der Waals surface area contributed by atoms with Crippen LogP contribution in [0.25, 0.3) is 11.0 Å². The number of hydrogen-bond acceptors (Lipinski definition) is 8. The molecule has 1 saturated heterocycles. The third kappa shape index (κ3) is 2.72. The van der Waals surface area contributed by atoms with Crippen LogP contribution < -0.4 is 4.90 Å². The van der Waals surface area contributed by atoms with Crippen LogP contribution in [0.15, 0.2) is 12.5 Å². The largest absolute Gasteiger partial charge is 0.352 e. The van der Waals surface area contributed by atoms with Crippen LogP contribution in [0.3, 0.4) is 0 Å². The number of fused-ring (bicyclic) bond motifs is 1.